The van der Waals surface area contributed by atoms with Crippen molar-refractivity contribution in [3.8, 4) is 17.5 Å². The fraction of sp³-hybridized carbons (Fsp3) is 0.316. The quantitative estimate of drug-likeness (QED) is 0.398. The number of rotatable bonds is 7. The molecule has 1 aliphatic rings. The van der Waals surface area contributed by atoms with Gasteiger partial charge in [0.1, 0.15) is 12.0 Å². The van der Waals surface area contributed by atoms with Gasteiger partial charge in [0.15, 0.2) is 6.19 Å². The van der Waals surface area contributed by atoms with Gasteiger partial charge in [-0.3, -0.25) is 0 Å². The van der Waals surface area contributed by atoms with Crippen molar-refractivity contribution >= 4 is 21.1 Å². The molecule has 0 saturated heterocycles. The van der Waals surface area contributed by atoms with E-state index in [0.717, 1.165) is 33.4 Å². The van der Waals surface area contributed by atoms with E-state index < -0.39 is 16.1 Å². The van der Waals surface area contributed by atoms with E-state index in [-0.39, 0.29) is 18.4 Å². The van der Waals surface area contributed by atoms with Crippen LogP contribution in [0.4, 0.5) is 0 Å². The molecule has 2 aromatic heterocycles. The molecular weight excluding hydrogens is 392 g/mol. The molecule has 9 nitrogen and oxygen atoms in total. The number of hydrogen-bond donors (Lipinski definition) is 3. The van der Waals surface area contributed by atoms with Crippen LogP contribution in [-0.4, -0.2) is 42.8 Å². The fourth-order valence-electron chi connectivity index (χ4n) is 3.73. The molecule has 0 radical (unpaired) electrons. The average Bonchev–Trinajstić information content (AvgIpc) is 3.31. The molecule has 1 aliphatic carbocycles. The van der Waals surface area contributed by atoms with Crippen LogP contribution in [0.1, 0.15) is 29.6 Å². The van der Waals surface area contributed by atoms with Crippen LogP contribution in [-0.2, 0) is 14.8 Å². The highest BCUT2D eigenvalue weighted by molar-refractivity contribution is 7.89. The lowest BCUT2D eigenvalue weighted by molar-refractivity contribution is 0.216. The van der Waals surface area contributed by atoms with Gasteiger partial charge >= 0.3 is 0 Å². The number of nitriles is 1. The van der Waals surface area contributed by atoms with E-state index in [9.17, 15) is 8.42 Å². The summed E-state index contributed by atoms with van der Waals surface area (Å²) < 4.78 is 32.3. The van der Waals surface area contributed by atoms with Gasteiger partial charge in [-0.05, 0) is 29.7 Å². The minimum Gasteiger partial charge on any atom is -0.384 e. The van der Waals surface area contributed by atoms with Crippen LogP contribution in [0, 0.1) is 11.5 Å². The van der Waals surface area contributed by atoms with Crippen LogP contribution < -0.4 is 10.0 Å². The largest absolute Gasteiger partial charge is 0.384 e. The van der Waals surface area contributed by atoms with E-state index in [4.69, 9.17) is 10.00 Å². The molecule has 2 atom stereocenters. The van der Waals surface area contributed by atoms with Crippen molar-refractivity contribution in [2.45, 2.75) is 18.5 Å². The second-order valence-corrected chi connectivity index (χ2v) is 8.71. The normalized spacial score (nSPS) is 18.5. The SMILES string of the molecule is COCCS(=O)(=O)NC1CC(NC#N)c2cc(-c3ncnc4[nH]ccc34)ccc21. The zero-order chi connectivity index (χ0) is 20.4. The molecule has 0 bridgehead atoms. The Balaban J connectivity index is 1.71. The van der Waals surface area contributed by atoms with E-state index in [1.54, 1.807) is 6.20 Å². The lowest BCUT2D eigenvalue weighted by atomic mass is 10.0. The summed E-state index contributed by atoms with van der Waals surface area (Å²) in [6.45, 7) is 0.119. The maximum absolute atomic E-state index is 12.3. The molecule has 4 rings (SSSR count). The molecule has 2 unspecified atom stereocenters. The van der Waals surface area contributed by atoms with Crippen LogP contribution in [0.5, 0.6) is 0 Å². The number of fused-ring (bicyclic) bond motifs is 2. The summed E-state index contributed by atoms with van der Waals surface area (Å²) in [6, 6.07) is 6.99. The number of aromatic nitrogens is 3. The van der Waals surface area contributed by atoms with E-state index in [1.807, 2.05) is 30.5 Å². The first kappa shape index (κ1) is 19.3. The Morgan fingerprint density at radius 1 is 1.28 bits per heavy atom. The number of aromatic amines is 1. The fourth-order valence-corrected chi connectivity index (χ4v) is 4.89. The minimum absolute atomic E-state index is 0.115. The van der Waals surface area contributed by atoms with Crippen LogP contribution in [0.25, 0.3) is 22.3 Å². The topological polar surface area (TPSA) is 133 Å². The number of nitrogens with one attached hydrogen (secondary N) is 3. The zero-order valence-electron chi connectivity index (χ0n) is 15.7. The lowest BCUT2D eigenvalue weighted by Gasteiger charge is -2.14. The molecule has 0 amide bonds. The third-order valence-corrected chi connectivity index (χ3v) is 6.40. The van der Waals surface area contributed by atoms with Crippen molar-refractivity contribution in [3.63, 3.8) is 0 Å². The first-order valence-corrected chi connectivity index (χ1v) is 10.7. The highest BCUT2D eigenvalue weighted by atomic mass is 32.2. The molecule has 10 heteroatoms. The van der Waals surface area contributed by atoms with E-state index in [1.165, 1.54) is 13.4 Å². The van der Waals surface area contributed by atoms with E-state index in [0.29, 0.717) is 6.42 Å². The Bertz CT molecular complexity index is 1180. The Morgan fingerprint density at radius 2 is 2.14 bits per heavy atom. The van der Waals surface area contributed by atoms with Crippen molar-refractivity contribution < 1.29 is 13.2 Å². The first-order valence-electron chi connectivity index (χ1n) is 9.08. The average molecular weight is 412 g/mol. The Labute approximate surface area is 168 Å². The third kappa shape index (κ3) is 3.80. The Hall–Kier alpha value is -3.00. The van der Waals surface area contributed by atoms with E-state index in [2.05, 4.69) is 25.0 Å². The summed E-state index contributed by atoms with van der Waals surface area (Å²) >= 11 is 0. The molecule has 3 aromatic rings. The summed E-state index contributed by atoms with van der Waals surface area (Å²) in [4.78, 5) is 11.7. The smallest absolute Gasteiger partial charge is 0.214 e. The van der Waals surface area contributed by atoms with Gasteiger partial charge in [-0.15, -0.1) is 0 Å². The predicted molar refractivity (Wildman–Crippen MR) is 107 cm³/mol. The molecule has 0 aliphatic heterocycles. The second kappa shape index (κ2) is 7.79. The van der Waals surface area contributed by atoms with Gasteiger partial charge in [0.2, 0.25) is 10.0 Å². The monoisotopic (exact) mass is 412 g/mol. The van der Waals surface area contributed by atoms with Crippen LogP contribution in [0.2, 0.25) is 0 Å². The summed E-state index contributed by atoms with van der Waals surface area (Å²) in [5.41, 5.74) is 4.13. The molecule has 3 N–H and O–H groups in total. The number of hydrogen-bond acceptors (Lipinski definition) is 7. The van der Waals surface area contributed by atoms with Gasteiger partial charge in [-0.2, -0.15) is 5.26 Å². The van der Waals surface area contributed by atoms with Crippen molar-refractivity contribution in [2.24, 2.45) is 0 Å². The summed E-state index contributed by atoms with van der Waals surface area (Å²) in [7, 11) is -2.04. The van der Waals surface area contributed by atoms with Gasteiger partial charge < -0.3 is 15.0 Å². The Morgan fingerprint density at radius 3 is 2.93 bits per heavy atom. The molecule has 0 spiro atoms. The highest BCUT2D eigenvalue weighted by Crippen LogP contribution is 2.41. The predicted octanol–water partition coefficient (Wildman–Crippen LogP) is 1.75. The number of methoxy groups -OCH3 is 1. The minimum atomic E-state index is -3.50. The van der Waals surface area contributed by atoms with Gasteiger partial charge in [0.25, 0.3) is 0 Å². The number of H-pyrrole nitrogens is 1. The maximum atomic E-state index is 12.3. The third-order valence-electron chi connectivity index (χ3n) is 5.05. The first-order chi connectivity index (χ1) is 14.0. The van der Waals surface area contributed by atoms with Crippen LogP contribution >= 0.6 is 0 Å². The lowest BCUT2D eigenvalue weighted by Crippen LogP contribution is -2.31. The molecule has 150 valence electrons. The summed E-state index contributed by atoms with van der Waals surface area (Å²) in [5, 5.41) is 12.8. The molecule has 2 heterocycles. The number of sulfonamides is 1. The molecule has 0 saturated carbocycles. The van der Waals surface area contributed by atoms with Gasteiger partial charge in [0, 0.05) is 30.3 Å². The molecule has 1 aromatic carbocycles. The second-order valence-electron chi connectivity index (χ2n) is 6.83. The van der Waals surface area contributed by atoms with Crippen LogP contribution in [0.3, 0.4) is 0 Å². The van der Waals surface area contributed by atoms with Crippen molar-refractivity contribution in [2.75, 3.05) is 19.5 Å². The standard InChI is InChI=1S/C19H20N6O3S/c1-28-6-7-29(26,27)25-17-9-16(22-10-20)15-8-12(2-3-13(15)17)18-14-4-5-21-19(14)24-11-23-18/h2-5,8,11,16-17,22,25H,6-7,9H2,1H3,(H,21,23,24). The van der Waals surface area contributed by atoms with Gasteiger partial charge in [-0.1, -0.05) is 12.1 Å². The maximum Gasteiger partial charge on any atom is 0.214 e. The number of ether oxygens (including phenoxy) is 1. The summed E-state index contributed by atoms with van der Waals surface area (Å²) in [6.07, 6.45) is 5.73. The van der Waals surface area contributed by atoms with E-state index >= 15 is 0 Å². The number of benzene rings is 1. The van der Waals surface area contributed by atoms with Gasteiger partial charge in [0.05, 0.1) is 24.1 Å². The summed E-state index contributed by atoms with van der Waals surface area (Å²) in [5.74, 6) is -0.115. The van der Waals surface area contributed by atoms with Crippen molar-refractivity contribution in [1.82, 2.24) is 25.0 Å². The molecule has 0 fully saturated rings. The van der Waals surface area contributed by atoms with Crippen molar-refractivity contribution in [1.29, 1.82) is 5.26 Å². The number of nitrogens with zero attached hydrogens (tertiary/aromatic N) is 3. The van der Waals surface area contributed by atoms with Crippen molar-refractivity contribution in [3.05, 3.63) is 47.9 Å². The molecule has 29 heavy (non-hydrogen) atoms. The zero-order valence-corrected chi connectivity index (χ0v) is 16.5. The highest BCUT2D eigenvalue weighted by Gasteiger charge is 2.33. The molecular formula is C19H20N6O3S. The van der Waals surface area contributed by atoms with Crippen LogP contribution in [0.15, 0.2) is 36.8 Å². The Kier molecular flexibility index (Phi) is 5.19. The van der Waals surface area contributed by atoms with Gasteiger partial charge in [-0.25, -0.2) is 23.1 Å².